The Morgan fingerprint density at radius 2 is 2.05 bits per heavy atom. The molecule has 0 radical (unpaired) electrons. The maximum Gasteiger partial charge on any atom is 0.241 e. The van der Waals surface area contributed by atoms with Gasteiger partial charge in [0.1, 0.15) is 6.54 Å². The summed E-state index contributed by atoms with van der Waals surface area (Å²) < 4.78 is 0. The van der Waals surface area contributed by atoms with Crippen molar-refractivity contribution in [3.05, 3.63) is 59.7 Å². The Hall–Kier alpha value is -1.82. The third-order valence-electron chi connectivity index (χ3n) is 3.88. The minimum Gasteiger partial charge on any atom is -0.324 e. The summed E-state index contributed by atoms with van der Waals surface area (Å²) in [7, 11) is 0. The quantitative estimate of drug-likeness (QED) is 0.684. The van der Waals surface area contributed by atoms with Gasteiger partial charge in [0, 0.05) is 21.7 Å². The van der Waals surface area contributed by atoms with Gasteiger partial charge in [-0.25, -0.2) is 0 Å². The number of hydrogen-bond donors (Lipinski definition) is 1. The van der Waals surface area contributed by atoms with E-state index in [-0.39, 0.29) is 12.5 Å². The minimum absolute atomic E-state index is 0.0524. The zero-order valence-corrected chi connectivity index (χ0v) is 12.3. The van der Waals surface area contributed by atoms with Crippen molar-refractivity contribution in [2.45, 2.75) is 10.6 Å². The molecule has 0 bridgehead atoms. The number of nitrogens with zero attached hydrogens (tertiary/aromatic N) is 1. The van der Waals surface area contributed by atoms with Crippen LogP contribution in [0.4, 0.5) is 5.69 Å². The molecule has 2 heterocycles. The van der Waals surface area contributed by atoms with Gasteiger partial charge in [-0.1, -0.05) is 30.3 Å². The summed E-state index contributed by atoms with van der Waals surface area (Å²) in [5.41, 5.74) is 2.22. The van der Waals surface area contributed by atoms with Gasteiger partial charge in [-0.2, -0.15) is 0 Å². The molecule has 0 aromatic heterocycles. The van der Waals surface area contributed by atoms with Gasteiger partial charge in [0.15, 0.2) is 0 Å². The fraction of sp³-hybridized carbons (Fsp3) is 0.188. The fourth-order valence-electron chi connectivity index (χ4n) is 2.84. The molecule has 21 heavy (non-hydrogen) atoms. The van der Waals surface area contributed by atoms with Crippen LogP contribution >= 0.6 is 11.8 Å². The van der Waals surface area contributed by atoms with Gasteiger partial charge in [0.2, 0.25) is 11.6 Å². The largest absolute Gasteiger partial charge is 0.324 e. The van der Waals surface area contributed by atoms with E-state index >= 15 is 0 Å². The van der Waals surface area contributed by atoms with Gasteiger partial charge in [-0.3, -0.25) is 9.63 Å². The number of thioether (sulfide) groups is 1. The third-order valence-corrected chi connectivity index (χ3v) is 4.60. The first-order valence-corrected chi connectivity index (χ1v) is 7.97. The number of amides is 1. The molecule has 0 aliphatic carbocycles. The maximum absolute atomic E-state index is 12.0. The van der Waals surface area contributed by atoms with Gasteiger partial charge in [0.25, 0.3) is 0 Å². The molecule has 1 amide bonds. The van der Waals surface area contributed by atoms with Crippen LogP contribution in [-0.2, 0) is 15.4 Å². The van der Waals surface area contributed by atoms with Crippen LogP contribution < -0.4 is 5.32 Å². The van der Waals surface area contributed by atoms with Gasteiger partial charge in [-0.15, -0.1) is 16.8 Å². The highest BCUT2D eigenvalue weighted by atomic mass is 32.2. The predicted octanol–water partition coefficient (Wildman–Crippen LogP) is 2.81. The van der Waals surface area contributed by atoms with Crippen LogP contribution in [0.2, 0.25) is 0 Å². The Morgan fingerprint density at radius 3 is 2.81 bits per heavy atom. The number of carbonyl (C=O) groups excluding carboxylic acids is 1. The number of fused-ring (bicyclic) bond motifs is 3. The molecule has 2 atom stereocenters. The van der Waals surface area contributed by atoms with Crippen LogP contribution in [-0.4, -0.2) is 23.8 Å². The minimum atomic E-state index is -0.637. The van der Waals surface area contributed by atoms with E-state index in [1.165, 1.54) is 0 Å². The number of carbonyl (C=O) groups is 1. The summed E-state index contributed by atoms with van der Waals surface area (Å²) >= 11 is 1.68. The average molecular weight is 298 g/mol. The zero-order chi connectivity index (χ0) is 14.4. The SMILES string of the molecule is CSc1ccc2c(c1)C1(c3ccccc3)ON1CC(=O)N2. The molecular formula is C16H14N2O2S. The normalized spacial score (nSPS) is 26.3. The van der Waals surface area contributed by atoms with Crippen LogP contribution in [0.25, 0.3) is 0 Å². The molecule has 2 aromatic rings. The number of nitrogens with one attached hydrogen (secondary N) is 1. The Labute approximate surface area is 127 Å². The zero-order valence-electron chi connectivity index (χ0n) is 11.5. The Bertz CT molecular complexity index is 719. The van der Waals surface area contributed by atoms with Crippen molar-refractivity contribution in [3.8, 4) is 0 Å². The van der Waals surface area contributed by atoms with Crippen molar-refractivity contribution < 1.29 is 9.63 Å². The van der Waals surface area contributed by atoms with Crippen molar-refractivity contribution in [1.82, 2.24) is 5.06 Å². The van der Waals surface area contributed by atoms with Gasteiger partial charge in [-0.05, 0) is 24.5 Å². The summed E-state index contributed by atoms with van der Waals surface area (Å²) in [6, 6.07) is 16.1. The molecule has 0 saturated carbocycles. The van der Waals surface area contributed by atoms with Gasteiger partial charge >= 0.3 is 0 Å². The summed E-state index contributed by atoms with van der Waals surface area (Å²) in [6.07, 6.45) is 2.04. The van der Waals surface area contributed by atoms with E-state index in [0.29, 0.717) is 0 Å². The lowest BCUT2D eigenvalue weighted by molar-refractivity contribution is -0.117. The fourth-order valence-corrected chi connectivity index (χ4v) is 3.28. The van der Waals surface area contributed by atoms with E-state index in [2.05, 4.69) is 11.4 Å². The van der Waals surface area contributed by atoms with E-state index in [0.717, 1.165) is 21.7 Å². The molecule has 1 saturated heterocycles. The lowest BCUT2D eigenvalue weighted by Gasteiger charge is -2.15. The number of hydroxylamine groups is 2. The van der Waals surface area contributed by atoms with E-state index < -0.39 is 5.72 Å². The van der Waals surface area contributed by atoms with Crippen molar-refractivity contribution in [1.29, 1.82) is 0 Å². The van der Waals surface area contributed by atoms with Crippen molar-refractivity contribution in [2.24, 2.45) is 0 Å². The first-order valence-electron chi connectivity index (χ1n) is 6.75. The van der Waals surface area contributed by atoms with Crippen molar-refractivity contribution in [2.75, 3.05) is 18.1 Å². The first-order chi connectivity index (χ1) is 10.2. The van der Waals surface area contributed by atoms with E-state index in [1.807, 2.05) is 48.7 Å². The molecule has 2 aliphatic heterocycles. The third kappa shape index (κ3) is 1.89. The second-order valence-electron chi connectivity index (χ2n) is 5.10. The van der Waals surface area contributed by atoms with Gasteiger partial charge < -0.3 is 5.32 Å². The van der Waals surface area contributed by atoms with Crippen LogP contribution in [0, 0.1) is 0 Å². The summed E-state index contributed by atoms with van der Waals surface area (Å²) in [6.45, 7) is 0.234. The Kier molecular flexibility index (Phi) is 2.82. The number of rotatable bonds is 2. The van der Waals surface area contributed by atoms with E-state index in [1.54, 1.807) is 16.8 Å². The van der Waals surface area contributed by atoms with E-state index in [9.17, 15) is 4.79 Å². The molecule has 106 valence electrons. The summed E-state index contributed by atoms with van der Waals surface area (Å²) in [5, 5.41) is 4.70. The Balaban J connectivity index is 1.93. The molecule has 2 aromatic carbocycles. The average Bonchev–Trinajstić information content (AvgIpc) is 3.23. The first kappa shape index (κ1) is 12.9. The monoisotopic (exact) mass is 298 g/mol. The highest BCUT2D eigenvalue weighted by molar-refractivity contribution is 7.98. The highest BCUT2D eigenvalue weighted by Crippen LogP contribution is 2.53. The van der Waals surface area contributed by atoms with Crippen LogP contribution in [0.15, 0.2) is 53.4 Å². The van der Waals surface area contributed by atoms with Crippen LogP contribution in [0.1, 0.15) is 11.1 Å². The Morgan fingerprint density at radius 1 is 1.24 bits per heavy atom. The number of anilines is 1. The standard InChI is InChI=1S/C16H14N2O2S/c1-21-12-7-8-14-13(9-12)16(11-5-3-2-4-6-11)18(20-16)10-15(19)17-14/h2-9H,10H2,1H3,(H,17,19). The second-order valence-corrected chi connectivity index (χ2v) is 5.98. The molecule has 2 unspecified atom stereocenters. The molecule has 1 N–H and O–H groups in total. The number of hydrogen-bond acceptors (Lipinski definition) is 4. The topological polar surface area (TPSA) is 44.6 Å². The molecule has 2 aliphatic rings. The van der Waals surface area contributed by atoms with Crippen LogP contribution in [0.3, 0.4) is 0 Å². The van der Waals surface area contributed by atoms with Gasteiger partial charge in [0.05, 0.1) is 0 Å². The summed E-state index contributed by atoms with van der Waals surface area (Å²) in [4.78, 5) is 19.0. The van der Waals surface area contributed by atoms with Crippen molar-refractivity contribution in [3.63, 3.8) is 0 Å². The van der Waals surface area contributed by atoms with Crippen LogP contribution in [0.5, 0.6) is 0 Å². The molecule has 1 fully saturated rings. The molecule has 4 rings (SSSR count). The lowest BCUT2D eigenvalue weighted by atomic mass is 9.95. The highest BCUT2D eigenvalue weighted by Gasteiger charge is 2.61. The maximum atomic E-state index is 12.0. The lowest BCUT2D eigenvalue weighted by Crippen LogP contribution is -2.21. The second kappa shape index (κ2) is 4.59. The predicted molar refractivity (Wildman–Crippen MR) is 81.9 cm³/mol. The summed E-state index contributed by atoms with van der Waals surface area (Å²) in [5.74, 6) is -0.0524. The van der Waals surface area contributed by atoms with Crippen molar-refractivity contribution >= 4 is 23.4 Å². The smallest absolute Gasteiger partial charge is 0.241 e. The number of benzene rings is 2. The molecular weight excluding hydrogens is 284 g/mol. The molecule has 0 spiro atoms. The van der Waals surface area contributed by atoms with E-state index in [4.69, 9.17) is 4.84 Å². The molecule has 5 heteroatoms. The molecule has 4 nitrogen and oxygen atoms in total.